The number of hydrogen-bond donors (Lipinski definition) is 5. The molecule has 0 atom stereocenters. The molecule has 2 amide bonds. The summed E-state index contributed by atoms with van der Waals surface area (Å²) in [6.07, 6.45) is 0. The van der Waals surface area contributed by atoms with Crippen molar-refractivity contribution in [1.29, 1.82) is 5.41 Å². The summed E-state index contributed by atoms with van der Waals surface area (Å²) in [5.74, 6) is -1.07. The summed E-state index contributed by atoms with van der Waals surface area (Å²) in [6.45, 7) is 0. The zero-order valence-electron chi connectivity index (χ0n) is 13.8. The molecule has 4 rings (SSSR count). The summed E-state index contributed by atoms with van der Waals surface area (Å²) in [5.41, 5.74) is 0.690. The van der Waals surface area contributed by atoms with Gasteiger partial charge in [0.25, 0.3) is 0 Å². The van der Waals surface area contributed by atoms with Crippen molar-refractivity contribution >= 4 is 22.5 Å². The standard InChI is InChI=1S/C16H14N6O4/c1-21(2)9-4-7-8(19-16(26)18-7)5-10(9)22-11(23)3-6-12(13(22)17)15(25)20-14(6)24/h3-5,17,20,23-25H,1-2H3. The Hall–Kier alpha value is -3.82. The van der Waals surface area contributed by atoms with Crippen LogP contribution in [0.15, 0.2) is 28.2 Å². The van der Waals surface area contributed by atoms with Crippen LogP contribution in [0.5, 0.6) is 17.6 Å². The fraction of sp³-hybridized carbons (Fsp3) is 0.125. The van der Waals surface area contributed by atoms with Gasteiger partial charge in [0.05, 0.1) is 32.9 Å². The molecule has 132 valence electrons. The van der Waals surface area contributed by atoms with Crippen LogP contribution in [0.25, 0.3) is 16.5 Å². The van der Waals surface area contributed by atoms with Crippen LogP contribution in [-0.4, -0.2) is 45.0 Å². The quantitative estimate of drug-likeness (QED) is 0.439. The number of rotatable bonds is 2. The lowest BCUT2D eigenvalue weighted by Crippen LogP contribution is -2.29. The molecule has 10 heteroatoms. The van der Waals surface area contributed by atoms with Gasteiger partial charge < -0.3 is 20.2 Å². The molecule has 0 spiro atoms. The maximum absolute atomic E-state index is 11.5. The lowest BCUT2D eigenvalue weighted by atomic mass is 10.2. The highest BCUT2D eigenvalue weighted by Crippen LogP contribution is 2.33. The first-order valence-corrected chi connectivity index (χ1v) is 7.54. The summed E-state index contributed by atoms with van der Waals surface area (Å²) in [6, 6.07) is 3.78. The van der Waals surface area contributed by atoms with Crippen molar-refractivity contribution in [1.82, 2.24) is 9.55 Å². The lowest BCUT2D eigenvalue weighted by molar-refractivity contribution is 0.256. The van der Waals surface area contributed by atoms with Crippen LogP contribution in [0.2, 0.25) is 0 Å². The number of aromatic hydroxyl groups is 3. The molecule has 0 bridgehead atoms. The number of carbonyl (C=O) groups is 1. The Morgan fingerprint density at radius 1 is 1.08 bits per heavy atom. The van der Waals surface area contributed by atoms with Crippen LogP contribution < -0.4 is 21.1 Å². The number of amides is 2. The van der Waals surface area contributed by atoms with Gasteiger partial charge in [0, 0.05) is 20.2 Å². The highest BCUT2D eigenvalue weighted by molar-refractivity contribution is 5.92. The predicted molar refractivity (Wildman–Crippen MR) is 90.5 cm³/mol. The monoisotopic (exact) mass is 354 g/mol. The first kappa shape index (κ1) is 15.7. The number of anilines is 1. The van der Waals surface area contributed by atoms with Crippen molar-refractivity contribution in [3.05, 3.63) is 34.4 Å². The zero-order valence-corrected chi connectivity index (χ0v) is 13.8. The van der Waals surface area contributed by atoms with Crippen LogP contribution in [0.1, 0.15) is 0 Å². The van der Waals surface area contributed by atoms with Crippen LogP contribution in [0, 0.1) is 5.41 Å². The van der Waals surface area contributed by atoms with Gasteiger partial charge in [-0.25, -0.2) is 4.79 Å². The van der Waals surface area contributed by atoms with Crippen LogP contribution in [-0.2, 0) is 0 Å². The van der Waals surface area contributed by atoms with Gasteiger partial charge >= 0.3 is 6.03 Å². The number of urea groups is 1. The number of fused-ring (bicyclic) bond motifs is 2. The molecule has 3 aromatic rings. The number of benzene rings is 1. The molecule has 0 saturated heterocycles. The Morgan fingerprint density at radius 3 is 2.38 bits per heavy atom. The van der Waals surface area contributed by atoms with Crippen molar-refractivity contribution in [3.8, 4) is 23.3 Å². The van der Waals surface area contributed by atoms with Gasteiger partial charge in [0.2, 0.25) is 5.88 Å². The molecule has 1 aromatic carbocycles. The number of aromatic nitrogens is 2. The molecule has 26 heavy (non-hydrogen) atoms. The topological polar surface area (TPSA) is 150 Å². The van der Waals surface area contributed by atoms with Crippen LogP contribution >= 0.6 is 0 Å². The van der Waals surface area contributed by atoms with E-state index in [1.165, 1.54) is 16.7 Å². The fourth-order valence-corrected chi connectivity index (χ4v) is 3.03. The highest BCUT2D eigenvalue weighted by Gasteiger charge is 2.20. The predicted octanol–water partition coefficient (Wildman–Crippen LogP) is -0.00633. The van der Waals surface area contributed by atoms with E-state index in [2.05, 4.69) is 15.0 Å². The molecule has 1 aliphatic rings. The first-order chi connectivity index (χ1) is 12.3. The van der Waals surface area contributed by atoms with Crippen molar-refractivity contribution in [2.24, 2.45) is 9.98 Å². The molecular weight excluding hydrogens is 340 g/mol. The number of aromatic amines is 1. The van der Waals surface area contributed by atoms with E-state index in [4.69, 9.17) is 5.41 Å². The van der Waals surface area contributed by atoms with Gasteiger partial charge in [-0.3, -0.25) is 15.0 Å². The third-order valence-corrected chi connectivity index (χ3v) is 4.19. The van der Waals surface area contributed by atoms with E-state index >= 15 is 0 Å². The number of pyridine rings is 1. The van der Waals surface area contributed by atoms with Gasteiger partial charge in [0.15, 0.2) is 11.8 Å². The number of hydrogen-bond acceptors (Lipinski definition) is 6. The molecule has 1 aliphatic heterocycles. The molecule has 5 N–H and O–H groups in total. The molecular formula is C16H14N6O4. The van der Waals surface area contributed by atoms with Crippen molar-refractivity contribution in [2.45, 2.75) is 0 Å². The summed E-state index contributed by atoms with van der Waals surface area (Å²) < 4.78 is 1.18. The van der Waals surface area contributed by atoms with Gasteiger partial charge in [-0.2, -0.15) is 9.98 Å². The molecule has 10 nitrogen and oxygen atoms in total. The van der Waals surface area contributed by atoms with Crippen molar-refractivity contribution < 1.29 is 20.1 Å². The fourth-order valence-electron chi connectivity index (χ4n) is 3.03. The third-order valence-electron chi connectivity index (χ3n) is 4.19. The van der Waals surface area contributed by atoms with Crippen LogP contribution in [0.3, 0.4) is 0 Å². The largest absolute Gasteiger partial charge is 0.494 e. The van der Waals surface area contributed by atoms with Crippen molar-refractivity contribution in [3.63, 3.8) is 0 Å². The van der Waals surface area contributed by atoms with Gasteiger partial charge in [-0.1, -0.05) is 0 Å². The third kappa shape index (κ3) is 2.05. The van der Waals surface area contributed by atoms with Gasteiger partial charge in [-0.05, 0) is 12.1 Å². The van der Waals surface area contributed by atoms with Crippen molar-refractivity contribution in [2.75, 3.05) is 19.0 Å². The van der Waals surface area contributed by atoms with Gasteiger partial charge in [-0.15, -0.1) is 0 Å². The van der Waals surface area contributed by atoms with Gasteiger partial charge in [0.1, 0.15) is 5.49 Å². The average Bonchev–Trinajstić information content (AvgIpc) is 3.04. The lowest BCUT2D eigenvalue weighted by Gasteiger charge is -2.20. The Morgan fingerprint density at radius 2 is 1.73 bits per heavy atom. The highest BCUT2D eigenvalue weighted by atomic mass is 16.3. The van der Waals surface area contributed by atoms with E-state index in [0.29, 0.717) is 22.1 Å². The molecule has 3 heterocycles. The maximum Gasteiger partial charge on any atom is 0.368 e. The van der Waals surface area contributed by atoms with E-state index in [-0.39, 0.29) is 28.0 Å². The zero-order chi connectivity index (χ0) is 18.7. The number of nitrogens with zero attached hydrogens (tertiary/aromatic N) is 4. The molecule has 0 unspecified atom stereocenters. The minimum absolute atomic E-state index is 0.0446. The Balaban J connectivity index is 2.15. The van der Waals surface area contributed by atoms with E-state index in [1.54, 1.807) is 25.1 Å². The average molecular weight is 354 g/mol. The Bertz CT molecular complexity index is 1290. The second-order valence-corrected chi connectivity index (χ2v) is 6.03. The number of H-pyrrole nitrogens is 1. The summed E-state index contributed by atoms with van der Waals surface area (Å²) in [5, 5.41) is 39.6. The molecule has 0 saturated carbocycles. The van der Waals surface area contributed by atoms with Crippen LogP contribution in [0.4, 0.5) is 10.5 Å². The second kappa shape index (κ2) is 5.09. The Labute approximate surface area is 145 Å². The summed E-state index contributed by atoms with van der Waals surface area (Å²) in [7, 11) is 3.52. The molecule has 2 aromatic heterocycles. The number of nitrogens with one attached hydrogen (secondary N) is 2. The first-order valence-electron chi connectivity index (χ1n) is 7.54. The number of carbonyl (C=O) groups excluding carboxylic acids is 1. The summed E-state index contributed by atoms with van der Waals surface area (Å²) >= 11 is 0. The normalized spacial score (nSPS) is 12.8. The molecule has 0 aliphatic carbocycles. The maximum atomic E-state index is 11.5. The SMILES string of the molecule is CN(C)c1cc2c(cc1-n1c(O)cc3c(O)[nH]c(O)c3c1=N)=NC(=O)N=2. The van der Waals surface area contributed by atoms with E-state index in [1.807, 2.05) is 0 Å². The molecule has 0 fully saturated rings. The molecule has 0 radical (unpaired) electrons. The van der Waals surface area contributed by atoms with E-state index in [0.717, 1.165) is 0 Å². The van der Waals surface area contributed by atoms with E-state index < -0.39 is 11.9 Å². The second-order valence-electron chi connectivity index (χ2n) is 6.03. The Kier molecular flexibility index (Phi) is 3.07. The van der Waals surface area contributed by atoms with E-state index in [9.17, 15) is 20.1 Å². The smallest absolute Gasteiger partial charge is 0.368 e. The minimum atomic E-state index is -0.620. The minimum Gasteiger partial charge on any atom is -0.494 e. The summed E-state index contributed by atoms with van der Waals surface area (Å²) in [4.78, 5) is 23.2.